The van der Waals surface area contributed by atoms with E-state index in [4.69, 9.17) is 26.2 Å². The fourth-order valence-corrected chi connectivity index (χ4v) is 3.78. The Morgan fingerprint density at radius 3 is 3.19 bits per heavy atom. The van der Waals surface area contributed by atoms with Crippen LogP contribution in [0.25, 0.3) is 0 Å². The number of carbonyl (C=O) groups is 1. The first-order chi connectivity index (χ1) is 12.6. The second kappa shape index (κ2) is 7.22. The lowest BCUT2D eigenvalue weighted by Crippen LogP contribution is -2.48. The van der Waals surface area contributed by atoms with Crippen molar-refractivity contribution in [2.24, 2.45) is 0 Å². The van der Waals surface area contributed by atoms with Crippen molar-refractivity contribution in [2.45, 2.75) is 31.7 Å². The highest BCUT2D eigenvalue weighted by atomic mass is 35.5. The van der Waals surface area contributed by atoms with Crippen molar-refractivity contribution < 1.29 is 19.4 Å². The van der Waals surface area contributed by atoms with Gasteiger partial charge in [-0.2, -0.15) is 0 Å². The third-order valence-corrected chi connectivity index (χ3v) is 5.02. The van der Waals surface area contributed by atoms with Gasteiger partial charge in [-0.1, -0.05) is 16.8 Å². The molecule has 2 aliphatic rings. The summed E-state index contributed by atoms with van der Waals surface area (Å²) in [5, 5.41) is 17.6. The second-order valence-corrected chi connectivity index (χ2v) is 6.98. The van der Waals surface area contributed by atoms with Crippen LogP contribution < -0.4 is 4.74 Å². The average molecular weight is 379 g/mol. The number of carboxylic acid groups (broad SMARTS) is 1. The molecule has 0 saturated carbocycles. The molecule has 1 N–H and O–H groups in total. The molecule has 138 valence electrons. The summed E-state index contributed by atoms with van der Waals surface area (Å²) in [7, 11) is 0. The van der Waals surface area contributed by atoms with Crippen LogP contribution in [0.2, 0.25) is 5.02 Å². The van der Waals surface area contributed by atoms with Gasteiger partial charge in [0.05, 0.1) is 30.6 Å². The molecular weight excluding hydrogens is 360 g/mol. The Morgan fingerprint density at radius 1 is 1.46 bits per heavy atom. The first kappa shape index (κ1) is 17.3. The zero-order valence-electron chi connectivity index (χ0n) is 14.0. The Labute approximate surface area is 155 Å². The summed E-state index contributed by atoms with van der Waals surface area (Å²) in [6.45, 7) is 2.39. The molecule has 1 aromatic carbocycles. The minimum absolute atomic E-state index is 0.0560. The molecule has 0 spiro atoms. The van der Waals surface area contributed by atoms with Crippen molar-refractivity contribution in [3.63, 3.8) is 0 Å². The van der Waals surface area contributed by atoms with Gasteiger partial charge in [0.25, 0.3) is 0 Å². The van der Waals surface area contributed by atoms with E-state index >= 15 is 0 Å². The number of aromatic nitrogens is 3. The van der Waals surface area contributed by atoms with Crippen molar-refractivity contribution in [3.8, 4) is 5.75 Å². The van der Waals surface area contributed by atoms with E-state index in [0.29, 0.717) is 23.9 Å². The zero-order valence-corrected chi connectivity index (χ0v) is 14.8. The fourth-order valence-electron chi connectivity index (χ4n) is 3.59. The summed E-state index contributed by atoms with van der Waals surface area (Å²) in [4.78, 5) is 13.1. The lowest BCUT2D eigenvalue weighted by atomic mass is 9.99. The van der Waals surface area contributed by atoms with Crippen LogP contribution in [0.5, 0.6) is 5.75 Å². The van der Waals surface area contributed by atoms with Crippen LogP contribution in [0.4, 0.5) is 0 Å². The van der Waals surface area contributed by atoms with Gasteiger partial charge < -0.3 is 14.6 Å². The number of carboxylic acids is 1. The zero-order chi connectivity index (χ0) is 18.1. The number of ether oxygens (including phenoxy) is 2. The highest BCUT2D eigenvalue weighted by Gasteiger charge is 2.36. The number of hydrogen-bond donors (Lipinski definition) is 1. The number of fused-ring (bicyclic) bond motifs is 3. The van der Waals surface area contributed by atoms with Gasteiger partial charge in [0, 0.05) is 30.2 Å². The molecule has 2 aliphatic heterocycles. The molecule has 26 heavy (non-hydrogen) atoms. The van der Waals surface area contributed by atoms with Crippen molar-refractivity contribution in [1.29, 1.82) is 0 Å². The number of hydrogen-bond acceptors (Lipinski definition) is 6. The summed E-state index contributed by atoms with van der Waals surface area (Å²) in [5.41, 5.74) is 1.88. The molecule has 0 bridgehead atoms. The van der Waals surface area contributed by atoms with Crippen LogP contribution in [-0.4, -0.2) is 56.8 Å². The van der Waals surface area contributed by atoms with Gasteiger partial charge in [0.15, 0.2) is 6.61 Å². The maximum absolute atomic E-state index is 10.8. The lowest BCUT2D eigenvalue weighted by molar-refractivity contribution is -0.139. The minimum Gasteiger partial charge on any atom is -0.482 e. The number of rotatable bonds is 5. The van der Waals surface area contributed by atoms with E-state index in [2.05, 4.69) is 15.2 Å². The smallest absolute Gasteiger partial charge is 0.341 e. The Morgan fingerprint density at radius 2 is 2.35 bits per heavy atom. The van der Waals surface area contributed by atoms with Crippen molar-refractivity contribution >= 4 is 17.6 Å². The number of likely N-dealkylation sites (tertiary alicyclic amines) is 1. The molecule has 1 aromatic heterocycles. The molecule has 0 unspecified atom stereocenters. The van der Waals surface area contributed by atoms with E-state index in [1.54, 1.807) is 18.3 Å². The topological polar surface area (TPSA) is 89.7 Å². The maximum atomic E-state index is 10.8. The van der Waals surface area contributed by atoms with Gasteiger partial charge in [0.2, 0.25) is 0 Å². The first-order valence-corrected chi connectivity index (χ1v) is 8.84. The summed E-state index contributed by atoms with van der Waals surface area (Å²) in [6.07, 6.45) is 2.72. The van der Waals surface area contributed by atoms with Crippen LogP contribution in [0.1, 0.15) is 23.7 Å². The molecule has 0 amide bonds. The molecule has 8 nitrogen and oxygen atoms in total. The summed E-state index contributed by atoms with van der Waals surface area (Å²) in [6, 6.07) is 5.44. The molecular formula is C17H19ClN4O4. The molecule has 1 fully saturated rings. The second-order valence-electron chi connectivity index (χ2n) is 6.54. The van der Waals surface area contributed by atoms with Crippen LogP contribution in [0, 0.1) is 0 Å². The first-order valence-electron chi connectivity index (χ1n) is 8.46. The number of piperidine rings is 1. The number of benzene rings is 1. The van der Waals surface area contributed by atoms with Crippen LogP contribution in [0.3, 0.4) is 0 Å². The third kappa shape index (κ3) is 3.53. The van der Waals surface area contributed by atoms with Gasteiger partial charge >= 0.3 is 5.97 Å². The van der Waals surface area contributed by atoms with Gasteiger partial charge in [-0.05, 0) is 24.6 Å². The average Bonchev–Trinajstić information content (AvgIpc) is 3.10. The molecule has 2 aromatic rings. The van der Waals surface area contributed by atoms with Crippen molar-refractivity contribution in [2.75, 3.05) is 19.7 Å². The minimum atomic E-state index is -1.01. The summed E-state index contributed by atoms with van der Waals surface area (Å²) in [5.74, 6) is -0.465. The standard InChI is InChI=1S/C17H19ClN4O4/c18-12-1-2-15(26-10-17(23)24)11(5-12)7-21-4-3-14-16(8-21)25-9-13-6-19-20-22(13)14/h1-2,5-6,14,16H,3-4,7-10H2,(H,23,24)/t14-,16-/m0/s1. The van der Waals surface area contributed by atoms with E-state index in [0.717, 1.165) is 30.8 Å². The third-order valence-electron chi connectivity index (χ3n) is 4.78. The van der Waals surface area contributed by atoms with Gasteiger partial charge in [-0.25, -0.2) is 9.48 Å². The van der Waals surface area contributed by atoms with Crippen LogP contribution in [-0.2, 0) is 22.7 Å². The van der Waals surface area contributed by atoms with Crippen LogP contribution >= 0.6 is 11.6 Å². The van der Waals surface area contributed by atoms with Crippen LogP contribution in [0.15, 0.2) is 24.4 Å². The highest BCUT2D eigenvalue weighted by molar-refractivity contribution is 6.30. The molecule has 1 saturated heterocycles. The monoisotopic (exact) mass is 378 g/mol. The van der Waals surface area contributed by atoms with E-state index in [1.165, 1.54) is 0 Å². The quantitative estimate of drug-likeness (QED) is 0.847. The predicted molar refractivity (Wildman–Crippen MR) is 92.1 cm³/mol. The largest absolute Gasteiger partial charge is 0.482 e. The maximum Gasteiger partial charge on any atom is 0.341 e. The Bertz CT molecular complexity index is 812. The van der Waals surface area contributed by atoms with Gasteiger partial charge in [-0.3, -0.25) is 4.90 Å². The molecule has 0 radical (unpaired) electrons. The SMILES string of the molecule is O=C(O)COc1ccc(Cl)cc1CN1CC[C@H]2[C@H](C1)OCc1cnnn12. The fraction of sp³-hybridized carbons (Fsp3) is 0.471. The lowest BCUT2D eigenvalue weighted by Gasteiger charge is -2.41. The van der Waals surface area contributed by atoms with E-state index in [9.17, 15) is 4.79 Å². The summed E-state index contributed by atoms with van der Waals surface area (Å²) < 4.78 is 13.4. The number of halogens is 1. The predicted octanol–water partition coefficient (Wildman–Crippen LogP) is 1.74. The summed E-state index contributed by atoms with van der Waals surface area (Å²) >= 11 is 6.12. The number of nitrogens with zero attached hydrogens (tertiary/aromatic N) is 4. The Hall–Kier alpha value is -2.16. The molecule has 9 heteroatoms. The molecule has 3 heterocycles. The van der Waals surface area contributed by atoms with Gasteiger partial charge in [0.1, 0.15) is 5.75 Å². The van der Waals surface area contributed by atoms with E-state index in [1.807, 2.05) is 10.7 Å². The molecule has 4 rings (SSSR count). The number of aliphatic carboxylic acids is 1. The highest BCUT2D eigenvalue weighted by Crippen LogP contribution is 2.32. The van der Waals surface area contributed by atoms with Crippen molar-refractivity contribution in [3.05, 3.63) is 40.7 Å². The molecule has 0 aliphatic carbocycles. The van der Waals surface area contributed by atoms with Crippen molar-refractivity contribution in [1.82, 2.24) is 19.9 Å². The normalized spacial score (nSPS) is 22.5. The molecule has 2 atom stereocenters. The Kier molecular flexibility index (Phi) is 4.80. The van der Waals surface area contributed by atoms with E-state index < -0.39 is 5.97 Å². The van der Waals surface area contributed by atoms with E-state index in [-0.39, 0.29) is 18.8 Å². The van der Waals surface area contributed by atoms with Gasteiger partial charge in [-0.15, -0.1) is 5.10 Å². The Balaban J connectivity index is 1.46.